The number of hydrogen-bond acceptors (Lipinski definition) is 3. The smallest absolute Gasteiger partial charge is 0.248 e. The fourth-order valence-electron chi connectivity index (χ4n) is 1.67. The minimum Gasteiger partial charge on any atom is -0.366 e. The van der Waals surface area contributed by atoms with Crippen molar-refractivity contribution in [2.75, 3.05) is 18.4 Å². The van der Waals surface area contributed by atoms with Crippen molar-refractivity contribution in [3.05, 3.63) is 29.8 Å². The molecule has 1 aromatic rings. The van der Waals surface area contributed by atoms with Crippen molar-refractivity contribution < 1.29 is 9.59 Å². The average Bonchev–Trinajstić information content (AvgIpc) is 3.13. The number of nitrogens with two attached hydrogens (primary N) is 1. The number of halogens is 1. The summed E-state index contributed by atoms with van der Waals surface area (Å²) in [6, 6.07) is 6.60. The van der Waals surface area contributed by atoms with E-state index in [2.05, 4.69) is 10.6 Å². The molecule has 0 aliphatic heterocycles. The van der Waals surface area contributed by atoms with E-state index in [0.717, 1.165) is 12.5 Å². The molecule has 0 bridgehead atoms. The second-order valence-electron chi connectivity index (χ2n) is 4.57. The first-order chi connectivity index (χ1) is 8.65. The molecule has 1 aromatic carbocycles. The molecule has 0 atom stereocenters. The molecule has 0 radical (unpaired) electrons. The number of anilines is 1. The fourth-order valence-corrected chi connectivity index (χ4v) is 1.67. The molecule has 0 aromatic heterocycles. The summed E-state index contributed by atoms with van der Waals surface area (Å²) in [7, 11) is 0. The summed E-state index contributed by atoms with van der Waals surface area (Å²) in [5.74, 6) is 0.131. The van der Waals surface area contributed by atoms with Gasteiger partial charge in [0.05, 0.1) is 6.54 Å². The summed E-state index contributed by atoms with van der Waals surface area (Å²) < 4.78 is 0. The lowest BCUT2D eigenvalue weighted by atomic mass is 10.2. The third kappa shape index (κ3) is 5.28. The molecule has 104 valence electrons. The van der Waals surface area contributed by atoms with E-state index < -0.39 is 5.91 Å². The van der Waals surface area contributed by atoms with Crippen LogP contribution in [0.15, 0.2) is 24.3 Å². The van der Waals surface area contributed by atoms with Crippen molar-refractivity contribution in [3.63, 3.8) is 0 Å². The average molecular weight is 284 g/mol. The summed E-state index contributed by atoms with van der Waals surface area (Å²) in [6.07, 6.45) is 2.52. The number of nitrogens with one attached hydrogen (secondary N) is 2. The summed E-state index contributed by atoms with van der Waals surface area (Å²) in [4.78, 5) is 22.6. The van der Waals surface area contributed by atoms with Crippen LogP contribution in [0.1, 0.15) is 23.2 Å². The molecule has 4 N–H and O–H groups in total. The number of carbonyl (C=O) groups is 2. The first-order valence-corrected chi connectivity index (χ1v) is 6.05. The molecule has 6 heteroatoms. The van der Waals surface area contributed by atoms with Crippen LogP contribution in [-0.4, -0.2) is 24.9 Å². The predicted molar refractivity (Wildman–Crippen MR) is 76.4 cm³/mol. The highest BCUT2D eigenvalue weighted by molar-refractivity contribution is 5.96. The SMILES string of the molecule is Cl.NC(=O)c1cccc(NC(=O)CNCC2CC2)c1. The van der Waals surface area contributed by atoms with E-state index in [0.29, 0.717) is 11.3 Å². The van der Waals surface area contributed by atoms with Crippen molar-refractivity contribution in [3.8, 4) is 0 Å². The van der Waals surface area contributed by atoms with Gasteiger partial charge in [-0.15, -0.1) is 12.4 Å². The molecule has 19 heavy (non-hydrogen) atoms. The van der Waals surface area contributed by atoms with Crippen LogP contribution >= 0.6 is 12.4 Å². The lowest BCUT2D eigenvalue weighted by Gasteiger charge is -2.07. The van der Waals surface area contributed by atoms with E-state index in [1.165, 1.54) is 12.8 Å². The minimum absolute atomic E-state index is 0. The van der Waals surface area contributed by atoms with Crippen molar-refractivity contribution in [1.82, 2.24) is 5.32 Å². The van der Waals surface area contributed by atoms with Gasteiger partial charge in [0, 0.05) is 11.3 Å². The third-order valence-electron chi connectivity index (χ3n) is 2.85. The molecular weight excluding hydrogens is 266 g/mol. The zero-order valence-corrected chi connectivity index (χ0v) is 11.3. The Kier molecular flexibility index (Phi) is 5.79. The van der Waals surface area contributed by atoms with Gasteiger partial charge in [-0.2, -0.15) is 0 Å². The number of carbonyl (C=O) groups excluding carboxylic acids is 2. The molecule has 2 amide bonds. The monoisotopic (exact) mass is 283 g/mol. The maximum atomic E-state index is 11.6. The molecule has 1 saturated carbocycles. The largest absolute Gasteiger partial charge is 0.366 e. The highest BCUT2D eigenvalue weighted by Gasteiger charge is 2.20. The van der Waals surface area contributed by atoms with Gasteiger partial charge in [-0.1, -0.05) is 6.07 Å². The van der Waals surface area contributed by atoms with Crippen LogP contribution in [0, 0.1) is 5.92 Å². The van der Waals surface area contributed by atoms with E-state index in [-0.39, 0.29) is 24.9 Å². The van der Waals surface area contributed by atoms with E-state index in [1.54, 1.807) is 24.3 Å². The van der Waals surface area contributed by atoms with E-state index in [1.807, 2.05) is 0 Å². The van der Waals surface area contributed by atoms with Gasteiger partial charge in [-0.05, 0) is 43.5 Å². The molecule has 0 heterocycles. The number of amides is 2. The molecule has 1 aliphatic rings. The Morgan fingerprint density at radius 3 is 2.68 bits per heavy atom. The Bertz CT molecular complexity index is 461. The Labute approximate surface area is 118 Å². The molecule has 0 unspecified atom stereocenters. The third-order valence-corrected chi connectivity index (χ3v) is 2.85. The van der Waals surface area contributed by atoms with Gasteiger partial charge in [0.1, 0.15) is 0 Å². The molecule has 1 fully saturated rings. The van der Waals surface area contributed by atoms with Crippen LogP contribution in [0.3, 0.4) is 0 Å². The highest BCUT2D eigenvalue weighted by Crippen LogP contribution is 2.27. The first-order valence-electron chi connectivity index (χ1n) is 6.05. The Hall–Kier alpha value is -1.59. The number of benzene rings is 1. The maximum absolute atomic E-state index is 11.6. The summed E-state index contributed by atoms with van der Waals surface area (Å²) >= 11 is 0. The van der Waals surface area contributed by atoms with Gasteiger partial charge in [0.15, 0.2) is 0 Å². The lowest BCUT2D eigenvalue weighted by molar-refractivity contribution is -0.115. The van der Waals surface area contributed by atoms with Gasteiger partial charge < -0.3 is 16.4 Å². The van der Waals surface area contributed by atoms with Crippen molar-refractivity contribution in [2.45, 2.75) is 12.8 Å². The Morgan fingerprint density at radius 2 is 2.05 bits per heavy atom. The zero-order valence-electron chi connectivity index (χ0n) is 10.5. The van der Waals surface area contributed by atoms with E-state index in [9.17, 15) is 9.59 Å². The second kappa shape index (κ2) is 7.11. The summed E-state index contributed by atoms with van der Waals surface area (Å²) in [6.45, 7) is 1.19. The Balaban J connectivity index is 0.00000180. The molecular formula is C13H18ClN3O2. The number of primary amides is 1. The summed E-state index contributed by atoms with van der Waals surface area (Å²) in [5.41, 5.74) is 6.15. The van der Waals surface area contributed by atoms with Crippen LogP contribution < -0.4 is 16.4 Å². The predicted octanol–water partition coefficient (Wildman–Crippen LogP) is 1.15. The van der Waals surface area contributed by atoms with Crippen LogP contribution in [0.2, 0.25) is 0 Å². The van der Waals surface area contributed by atoms with Crippen molar-refractivity contribution >= 4 is 29.9 Å². The first kappa shape index (κ1) is 15.5. The van der Waals surface area contributed by atoms with Gasteiger partial charge >= 0.3 is 0 Å². The standard InChI is InChI=1S/C13H17N3O2.ClH/c14-13(18)10-2-1-3-11(6-10)16-12(17)8-15-7-9-4-5-9;/h1-3,6,9,15H,4-5,7-8H2,(H2,14,18)(H,16,17);1H. The normalized spacial score (nSPS) is 13.5. The van der Waals surface area contributed by atoms with Gasteiger partial charge in [-0.25, -0.2) is 0 Å². The maximum Gasteiger partial charge on any atom is 0.248 e. The van der Waals surface area contributed by atoms with E-state index >= 15 is 0 Å². The second-order valence-corrected chi connectivity index (χ2v) is 4.57. The molecule has 2 rings (SSSR count). The van der Waals surface area contributed by atoms with Gasteiger partial charge in [-0.3, -0.25) is 9.59 Å². The van der Waals surface area contributed by atoms with Crippen LogP contribution in [0.25, 0.3) is 0 Å². The van der Waals surface area contributed by atoms with Gasteiger partial charge in [0.2, 0.25) is 11.8 Å². The zero-order chi connectivity index (χ0) is 13.0. The number of rotatable bonds is 6. The van der Waals surface area contributed by atoms with Crippen molar-refractivity contribution in [1.29, 1.82) is 0 Å². The molecule has 0 saturated heterocycles. The molecule has 1 aliphatic carbocycles. The van der Waals surface area contributed by atoms with Gasteiger partial charge in [0.25, 0.3) is 0 Å². The fraction of sp³-hybridized carbons (Fsp3) is 0.385. The van der Waals surface area contributed by atoms with E-state index in [4.69, 9.17) is 5.73 Å². The molecule has 0 spiro atoms. The van der Waals surface area contributed by atoms with Crippen LogP contribution in [0.5, 0.6) is 0 Å². The topological polar surface area (TPSA) is 84.2 Å². The van der Waals surface area contributed by atoms with Crippen molar-refractivity contribution in [2.24, 2.45) is 11.7 Å². The summed E-state index contributed by atoms with van der Waals surface area (Å²) in [5, 5.41) is 5.82. The molecule has 5 nitrogen and oxygen atoms in total. The van der Waals surface area contributed by atoms with Crippen LogP contribution in [-0.2, 0) is 4.79 Å². The highest BCUT2D eigenvalue weighted by atomic mass is 35.5. The lowest BCUT2D eigenvalue weighted by Crippen LogP contribution is -2.29. The number of hydrogen-bond donors (Lipinski definition) is 3. The Morgan fingerprint density at radius 1 is 1.32 bits per heavy atom. The van der Waals surface area contributed by atoms with Crippen LogP contribution in [0.4, 0.5) is 5.69 Å². The minimum atomic E-state index is -0.502. The quantitative estimate of drug-likeness (QED) is 0.732.